The largest absolute Gasteiger partial charge is 0.494 e. The maximum absolute atomic E-state index is 9.21. The van der Waals surface area contributed by atoms with Crippen LogP contribution in [-0.4, -0.2) is 18.7 Å². The number of rotatable bonds is 7. The molecule has 116 valence electrons. The number of nitrogens with zero attached hydrogens (tertiary/aromatic N) is 1. The number of hydrogen-bond acceptors (Lipinski definition) is 3. The fourth-order valence-corrected chi connectivity index (χ4v) is 2.24. The summed E-state index contributed by atoms with van der Waals surface area (Å²) in [6, 6.07) is 10.6. The second-order valence-corrected chi connectivity index (χ2v) is 6.70. The fourth-order valence-electron chi connectivity index (χ4n) is 2.24. The smallest absolute Gasteiger partial charge is 0.119 e. The highest BCUT2D eigenvalue weighted by Crippen LogP contribution is 2.25. The molecule has 1 aromatic rings. The van der Waals surface area contributed by atoms with E-state index in [2.05, 4.69) is 44.3 Å². The quantitative estimate of drug-likeness (QED) is 0.770. The molecule has 0 aliphatic heterocycles. The van der Waals surface area contributed by atoms with E-state index in [4.69, 9.17) is 4.74 Å². The predicted molar refractivity (Wildman–Crippen MR) is 87.6 cm³/mol. The van der Waals surface area contributed by atoms with Crippen molar-refractivity contribution < 1.29 is 4.74 Å². The van der Waals surface area contributed by atoms with Gasteiger partial charge in [0, 0.05) is 0 Å². The van der Waals surface area contributed by atoms with Crippen LogP contribution in [0.4, 0.5) is 0 Å². The SMILES string of the molecule is CCNC(C)(C#N)CCCOc1cccc(C(C)(C)C)c1. The van der Waals surface area contributed by atoms with Gasteiger partial charge in [-0.05, 0) is 49.4 Å². The Labute approximate surface area is 129 Å². The van der Waals surface area contributed by atoms with E-state index in [9.17, 15) is 5.26 Å². The molecule has 0 aromatic heterocycles. The molecule has 0 saturated heterocycles. The molecule has 0 aliphatic carbocycles. The van der Waals surface area contributed by atoms with Crippen LogP contribution in [0, 0.1) is 11.3 Å². The van der Waals surface area contributed by atoms with Crippen LogP contribution in [-0.2, 0) is 5.41 Å². The molecular weight excluding hydrogens is 260 g/mol. The van der Waals surface area contributed by atoms with Gasteiger partial charge in [0.15, 0.2) is 0 Å². The Morgan fingerprint density at radius 3 is 2.52 bits per heavy atom. The van der Waals surface area contributed by atoms with E-state index in [1.54, 1.807) is 0 Å². The molecule has 1 aromatic carbocycles. The molecular formula is C18H28N2O. The van der Waals surface area contributed by atoms with Crippen LogP contribution in [0.3, 0.4) is 0 Å². The van der Waals surface area contributed by atoms with Gasteiger partial charge in [-0.1, -0.05) is 39.8 Å². The van der Waals surface area contributed by atoms with Gasteiger partial charge in [-0.3, -0.25) is 5.32 Å². The molecule has 1 rings (SSSR count). The van der Waals surface area contributed by atoms with Crippen molar-refractivity contribution in [3.05, 3.63) is 29.8 Å². The molecule has 3 nitrogen and oxygen atoms in total. The summed E-state index contributed by atoms with van der Waals surface area (Å²) in [5, 5.41) is 12.4. The van der Waals surface area contributed by atoms with Crippen molar-refractivity contribution in [1.82, 2.24) is 5.32 Å². The first kappa shape index (κ1) is 17.5. The summed E-state index contributed by atoms with van der Waals surface area (Å²) in [5.74, 6) is 0.907. The molecule has 0 saturated carbocycles. The molecule has 21 heavy (non-hydrogen) atoms. The van der Waals surface area contributed by atoms with Crippen LogP contribution in [0.25, 0.3) is 0 Å². The second-order valence-electron chi connectivity index (χ2n) is 6.70. The van der Waals surface area contributed by atoms with Crippen molar-refractivity contribution in [2.45, 2.75) is 58.4 Å². The number of nitrogens with one attached hydrogen (secondary N) is 1. The van der Waals surface area contributed by atoms with Crippen molar-refractivity contribution in [3.63, 3.8) is 0 Å². The Balaban J connectivity index is 2.49. The van der Waals surface area contributed by atoms with Crippen molar-refractivity contribution in [2.75, 3.05) is 13.2 Å². The molecule has 3 heteroatoms. The van der Waals surface area contributed by atoms with Gasteiger partial charge < -0.3 is 4.74 Å². The molecule has 0 spiro atoms. The van der Waals surface area contributed by atoms with Crippen LogP contribution in [0.2, 0.25) is 0 Å². The zero-order chi connectivity index (χ0) is 15.9. The summed E-state index contributed by atoms with van der Waals surface area (Å²) in [6.45, 7) is 12.0. The second kappa shape index (κ2) is 7.47. The lowest BCUT2D eigenvalue weighted by Gasteiger charge is -2.22. The van der Waals surface area contributed by atoms with Crippen LogP contribution in [0.1, 0.15) is 53.0 Å². The fraction of sp³-hybridized carbons (Fsp3) is 0.611. The lowest BCUT2D eigenvalue weighted by atomic mass is 9.87. The highest BCUT2D eigenvalue weighted by molar-refractivity contribution is 5.32. The lowest BCUT2D eigenvalue weighted by molar-refractivity contribution is 0.285. The highest BCUT2D eigenvalue weighted by Gasteiger charge is 2.21. The molecule has 1 atom stereocenters. The van der Waals surface area contributed by atoms with Gasteiger partial charge in [-0.15, -0.1) is 0 Å². The zero-order valence-electron chi connectivity index (χ0n) is 14.0. The molecule has 1 unspecified atom stereocenters. The number of benzene rings is 1. The summed E-state index contributed by atoms with van der Waals surface area (Å²) in [7, 11) is 0. The minimum absolute atomic E-state index is 0.129. The average molecular weight is 288 g/mol. The Morgan fingerprint density at radius 1 is 1.24 bits per heavy atom. The highest BCUT2D eigenvalue weighted by atomic mass is 16.5. The van der Waals surface area contributed by atoms with Crippen molar-refractivity contribution >= 4 is 0 Å². The Bertz CT molecular complexity index is 485. The van der Waals surface area contributed by atoms with Gasteiger partial charge in [-0.2, -0.15) is 5.26 Å². The molecule has 0 amide bonds. The average Bonchev–Trinajstić information content (AvgIpc) is 2.43. The topological polar surface area (TPSA) is 45.0 Å². The molecule has 0 fully saturated rings. The third-order valence-corrected chi connectivity index (χ3v) is 3.60. The zero-order valence-corrected chi connectivity index (χ0v) is 14.0. The van der Waals surface area contributed by atoms with Crippen LogP contribution < -0.4 is 10.1 Å². The monoisotopic (exact) mass is 288 g/mol. The number of nitriles is 1. The van der Waals surface area contributed by atoms with Crippen molar-refractivity contribution in [1.29, 1.82) is 5.26 Å². The van der Waals surface area contributed by atoms with Crippen molar-refractivity contribution in [2.24, 2.45) is 0 Å². The Kier molecular flexibility index (Phi) is 6.23. The molecule has 0 bridgehead atoms. The van der Waals surface area contributed by atoms with E-state index >= 15 is 0 Å². The number of ether oxygens (including phenoxy) is 1. The normalized spacial score (nSPS) is 14.3. The van der Waals surface area contributed by atoms with Crippen LogP contribution in [0.15, 0.2) is 24.3 Å². The summed E-state index contributed by atoms with van der Waals surface area (Å²) in [4.78, 5) is 0. The van der Waals surface area contributed by atoms with Gasteiger partial charge >= 0.3 is 0 Å². The summed E-state index contributed by atoms with van der Waals surface area (Å²) in [6.07, 6.45) is 1.65. The van der Waals surface area contributed by atoms with E-state index < -0.39 is 5.54 Å². The Hall–Kier alpha value is -1.53. The standard InChI is InChI=1S/C18H28N2O/c1-6-20-18(5,14-19)11-8-12-21-16-10-7-9-15(13-16)17(2,3)4/h7,9-10,13,20H,6,8,11-12H2,1-5H3. The van der Waals surface area contributed by atoms with E-state index in [-0.39, 0.29) is 5.41 Å². The first-order valence-electron chi connectivity index (χ1n) is 7.70. The first-order chi connectivity index (χ1) is 9.80. The van der Waals surface area contributed by atoms with Gasteiger partial charge in [0.05, 0.1) is 12.7 Å². The van der Waals surface area contributed by atoms with E-state index in [0.29, 0.717) is 6.61 Å². The summed E-state index contributed by atoms with van der Waals surface area (Å²) >= 11 is 0. The molecule has 0 aliphatic rings. The molecule has 0 radical (unpaired) electrons. The van der Waals surface area contributed by atoms with Crippen LogP contribution in [0.5, 0.6) is 5.75 Å². The first-order valence-corrected chi connectivity index (χ1v) is 7.70. The Morgan fingerprint density at radius 2 is 1.95 bits per heavy atom. The van der Waals surface area contributed by atoms with E-state index in [1.165, 1.54) is 5.56 Å². The molecule has 1 N–H and O–H groups in total. The van der Waals surface area contributed by atoms with Gasteiger partial charge in [0.1, 0.15) is 11.3 Å². The van der Waals surface area contributed by atoms with Crippen molar-refractivity contribution in [3.8, 4) is 11.8 Å². The van der Waals surface area contributed by atoms with E-state index in [0.717, 1.165) is 25.1 Å². The third kappa shape index (κ3) is 5.77. The summed E-state index contributed by atoms with van der Waals surface area (Å²) < 4.78 is 5.82. The predicted octanol–water partition coefficient (Wildman–Crippen LogP) is 4.03. The third-order valence-electron chi connectivity index (χ3n) is 3.60. The minimum Gasteiger partial charge on any atom is -0.494 e. The van der Waals surface area contributed by atoms with Gasteiger partial charge in [-0.25, -0.2) is 0 Å². The van der Waals surface area contributed by atoms with Crippen LogP contribution >= 0.6 is 0 Å². The number of hydrogen-bond donors (Lipinski definition) is 1. The maximum atomic E-state index is 9.21. The van der Waals surface area contributed by atoms with Gasteiger partial charge in [0.2, 0.25) is 0 Å². The maximum Gasteiger partial charge on any atom is 0.119 e. The minimum atomic E-state index is -0.453. The molecule has 0 heterocycles. The van der Waals surface area contributed by atoms with E-state index in [1.807, 2.05) is 26.0 Å². The van der Waals surface area contributed by atoms with Gasteiger partial charge in [0.25, 0.3) is 0 Å². The summed E-state index contributed by atoms with van der Waals surface area (Å²) in [5.41, 5.74) is 0.948. The lowest BCUT2D eigenvalue weighted by Crippen LogP contribution is -2.40.